The summed E-state index contributed by atoms with van der Waals surface area (Å²) >= 11 is 5.80. The molecule has 0 N–H and O–H groups in total. The van der Waals surface area contributed by atoms with E-state index in [2.05, 4.69) is 0 Å². The van der Waals surface area contributed by atoms with Crippen molar-refractivity contribution >= 4 is 30.5 Å². The topological polar surface area (TPSA) is 89.5 Å². The highest BCUT2D eigenvalue weighted by molar-refractivity contribution is 7.57. The number of para-hydroxylation sites is 1. The molecule has 0 amide bonds. The van der Waals surface area contributed by atoms with Gasteiger partial charge in [0.15, 0.2) is 0 Å². The predicted molar refractivity (Wildman–Crippen MR) is 70.1 cm³/mol. The van der Waals surface area contributed by atoms with Crippen LogP contribution in [0, 0.1) is 0 Å². The minimum absolute atomic E-state index is 0.157. The summed E-state index contributed by atoms with van der Waals surface area (Å²) in [4.78, 5) is 34.3. The summed E-state index contributed by atoms with van der Waals surface area (Å²) in [5.74, 6) is -0.779. The lowest BCUT2D eigenvalue weighted by Gasteiger charge is -2.31. The van der Waals surface area contributed by atoms with Gasteiger partial charge < -0.3 is 19.1 Å². The molecule has 20 heavy (non-hydrogen) atoms. The smallest absolute Gasteiger partial charge is 0.345 e. The van der Waals surface area contributed by atoms with Crippen molar-refractivity contribution in [3.8, 4) is 5.75 Å². The molecule has 0 fully saturated rings. The van der Waals surface area contributed by atoms with Crippen LogP contribution >= 0.6 is 19.2 Å². The molecule has 0 aliphatic rings. The van der Waals surface area contributed by atoms with Gasteiger partial charge in [0.1, 0.15) is 5.75 Å². The average molecular weight is 311 g/mol. The van der Waals surface area contributed by atoms with Crippen LogP contribution in [0.3, 0.4) is 0 Å². The molecular formula is C13H8ClO5P-2. The zero-order valence-corrected chi connectivity index (χ0v) is 11.6. The van der Waals surface area contributed by atoms with Crippen LogP contribution in [0.1, 0.15) is 10.4 Å². The van der Waals surface area contributed by atoms with Gasteiger partial charge in [-0.2, -0.15) is 0 Å². The molecule has 2 aromatic rings. The minimum atomic E-state index is -5.13. The summed E-state index contributed by atoms with van der Waals surface area (Å²) in [7, 11) is -5.13. The van der Waals surface area contributed by atoms with Gasteiger partial charge >= 0.3 is 5.97 Å². The van der Waals surface area contributed by atoms with Crippen molar-refractivity contribution in [1.29, 1.82) is 0 Å². The summed E-state index contributed by atoms with van der Waals surface area (Å²) < 4.78 is 16.2. The van der Waals surface area contributed by atoms with E-state index in [0.717, 1.165) is 6.07 Å². The van der Waals surface area contributed by atoms with Crippen molar-refractivity contribution < 1.29 is 23.9 Å². The molecule has 2 aromatic carbocycles. The summed E-state index contributed by atoms with van der Waals surface area (Å²) in [6, 6.07) is 11.6. The molecule has 0 bridgehead atoms. The van der Waals surface area contributed by atoms with Crippen molar-refractivity contribution in [3.63, 3.8) is 0 Å². The van der Waals surface area contributed by atoms with Crippen molar-refractivity contribution in [2.75, 3.05) is 0 Å². The molecule has 0 heterocycles. The SMILES string of the molecule is O=C(Oc1ccccc1)c1c(Cl)cccc1P(=O)([O-])[O-]. The predicted octanol–water partition coefficient (Wildman–Crippen LogP) is 1.10. The third-order valence-corrected chi connectivity index (χ3v) is 3.72. The molecule has 0 aliphatic carbocycles. The Morgan fingerprint density at radius 1 is 1.05 bits per heavy atom. The van der Waals surface area contributed by atoms with Crippen molar-refractivity contribution in [2.45, 2.75) is 0 Å². The van der Waals surface area contributed by atoms with E-state index >= 15 is 0 Å². The molecule has 7 heteroatoms. The van der Waals surface area contributed by atoms with Gasteiger partial charge in [-0.05, 0) is 25.8 Å². The summed E-state index contributed by atoms with van der Waals surface area (Å²) in [5, 5.41) is -0.832. The maximum atomic E-state index is 12.0. The van der Waals surface area contributed by atoms with E-state index in [-0.39, 0.29) is 10.8 Å². The standard InChI is InChI=1S/C13H10ClO5P/c14-10-7-4-8-11(20(16,17)18)12(10)13(15)19-9-5-2-1-3-6-9/h1-8H,(H2,16,17,18)/p-2. The number of halogens is 1. The maximum absolute atomic E-state index is 12.0. The summed E-state index contributed by atoms with van der Waals surface area (Å²) in [6.45, 7) is 0. The number of carbonyl (C=O) groups excluding carboxylic acids is 1. The second kappa shape index (κ2) is 5.77. The average Bonchev–Trinajstić information content (AvgIpc) is 2.38. The van der Waals surface area contributed by atoms with Crippen LogP contribution in [0.2, 0.25) is 5.02 Å². The minimum Gasteiger partial charge on any atom is -0.807 e. The van der Waals surface area contributed by atoms with E-state index in [1.54, 1.807) is 18.2 Å². The molecule has 5 nitrogen and oxygen atoms in total. The van der Waals surface area contributed by atoms with E-state index in [4.69, 9.17) is 16.3 Å². The summed E-state index contributed by atoms with van der Waals surface area (Å²) in [5.41, 5.74) is -0.452. The molecule has 0 saturated carbocycles. The maximum Gasteiger partial charge on any atom is 0.345 e. The first kappa shape index (κ1) is 14.8. The fourth-order valence-corrected chi connectivity index (χ4v) is 2.66. The zero-order valence-electron chi connectivity index (χ0n) is 9.99. The van der Waals surface area contributed by atoms with Gasteiger partial charge in [0.25, 0.3) is 0 Å². The number of esters is 1. The van der Waals surface area contributed by atoms with Crippen LogP contribution < -0.4 is 19.8 Å². The molecule has 0 atom stereocenters. The molecule has 0 aromatic heterocycles. The van der Waals surface area contributed by atoms with Gasteiger partial charge in [-0.25, -0.2) is 4.79 Å². The lowest BCUT2D eigenvalue weighted by molar-refractivity contribution is -0.308. The van der Waals surface area contributed by atoms with Crippen LogP contribution in [-0.2, 0) is 4.57 Å². The quantitative estimate of drug-likeness (QED) is 0.481. The van der Waals surface area contributed by atoms with Crippen LogP contribution in [0.5, 0.6) is 5.75 Å². The van der Waals surface area contributed by atoms with Gasteiger partial charge in [-0.1, -0.05) is 41.9 Å². The number of rotatable bonds is 3. The fraction of sp³-hybridized carbons (Fsp3) is 0. The van der Waals surface area contributed by atoms with Crippen molar-refractivity contribution in [1.82, 2.24) is 0 Å². The van der Waals surface area contributed by atoms with E-state index in [1.807, 2.05) is 0 Å². The Bertz CT molecular complexity index is 680. The molecule has 0 radical (unpaired) electrons. The first-order valence-corrected chi connectivity index (χ1v) is 7.40. The van der Waals surface area contributed by atoms with Crippen LogP contribution in [-0.4, -0.2) is 5.97 Å². The normalized spacial score (nSPS) is 11.2. The zero-order chi connectivity index (χ0) is 14.8. The molecular weight excluding hydrogens is 303 g/mol. The van der Waals surface area contributed by atoms with Crippen molar-refractivity contribution in [3.05, 3.63) is 59.1 Å². The second-order valence-electron chi connectivity index (χ2n) is 3.83. The van der Waals surface area contributed by atoms with Gasteiger partial charge in [0.2, 0.25) is 0 Å². The Hall–Kier alpha value is -1.65. The summed E-state index contributed by atoms with van der Waals surface area (Å²) in [6.07, 6.45) is 0. The Balaban J connectivity index is 2.42. The second-order valence-corrected chi connectivity index (χ2v) is 5.72. The Kier molecular flexibility index (Phi) is 4.26. The van der Waals surface area contributed by atoms with E-state index < -0.39 is 24.4 Å². The van der Waals surface area contributed by atoms with Crippen LogP contribution in [0.4, 0.5) is 0 Å². The lowest BCUT2D eigenvalue weighted by atomic mass is 10.2. The number of hydrogen-bond donors (Lipinski definition) is 0. The van der Waals surface area contributed by atoms with Gasteiger partial charge in [0.05, 0.1) is 10.6 Å². The Morgan fingerprint density at radius 2 is 1.70 bits per heavy atom. The monoisotopic (exact) mass is 310 g/mol. The van der Waals surface area contributed by atoms with Gasteiger partial charge in [-0.3, -0.25) is 0 Å². The first-order chi connectivity index (χ1) is 9.39. The van der Waals surface area contributed by atoms with Crippen LogP contribution in [0.15, 0.2) is 48.5 Å². The highest BCUT2D eigenvalue weighted by Crippen LogP contribution is 2.29. The van der Waals surface area contributed by atoms with Gasteiger partial charge in [0, 0.05) is 5.30 Å². The largest absolute Gasteiger partial charge is 0.807 e. The number of hydrogen-bond acceptors (Lipinski definition) is 5. The number of ether oxygens (including phenoxy) is 1. The molecule has 0 aliphatic heterocycles. The first-order valence-electron chi connectivity index (χ1n) is 5.48. The molecule has 2 rings (SSSR count). The number of benzene rings is 2. The fourth-order valence-electron chi connectivity index (χ4n) is 1.59. The highest BCUT2D eigenvalue weighted by Gasteiger charge is 2.19. The molecule has 0 unspecified atom stereocenters. The molecule has 0 spiro atoms. The molecule has 104 valence electrons. The third-order valence-electron chi connectivity index (χ3n) is 2.44. The van der Waals surface area contributed by atoms with E-state index in [0.29, 0.717) is 0 Å². The van der Waals surface area contributed by atoms with Crippen LogP contribution in [0.25, 0.3) is 0 Å². The van der Waals surface area contributed by atoms with Crippen molar-refractivity contribution in [2.24, 2.45) is 0 Å². The Morgan fingerprint density at radius 3 is 2.30 bits per heavy atom. The Labute approximate surface area is 119 Å². The van der Waals surface area contributed by atoms with Gasteiger partial charge in [-0.15, -0.1) is 0 Å². The van der Waals surface area contributed by atoms with E-state index in [1.165, 1.54) is 24.3 Å². The third kappa shape index (κ3) is 3.26. The highest BCUT2D eigenvalue weighted by atomic mass is 35.5. The van der Waals surface area contributed by atoms with E-state index in [9.17, 15) is 19.1 Å². The number of carbonyl (C=O) groups is 1. The lowest BCUT2D eigenvalue weighted by Crippen LogP contribution is -2.30. The molecule has 0 saturated heterocycles.